The molecule has 0 saturated carbocycles. The van der Waals surface area contributed by atoms with Gasteiger partial charge in [-0.25, -0.2) is 0 Å². The lowest BCUT2D eigenvalue weighted by Gasteiger charge is -2.15. The van der Waals surface area contributed by atoms with Gasteiger partial charge in [0.05, 0.1) is 12.6 Å². The molecule has 0 spiro atoms. The molecule has 0 bridgehead atoms. The van der Waals surface area contributed by atoms with Crippen molar-refractivity contribution >= 4 is 17.7 Å². The highest BCUT2D eigenvalue weighted by Gasteiger charge is 2.18. The molecular weight excluding hydrogens is 208 g/mol. The predicted molar refractivity (Wildman–Crippen MR) is 64.8 cm³/mol. The molecule has 2 N–H and O–H groups in total. The van der Waals surface area contributed by atoms with Crippen LogP contribution >= 0.6 is 11.8 Å². The molecule has 15 heavy (non-hydrogen) atoms. The number of hydrogen-bond acceptors (Lipinski definition) is 3. The zero-order valence-electron chi connectivity index (χ0n) is 9.08. The Morgan fingerprint density at radius 2 is 2.53 bits per heavy atom. The molecule has 0 aromatic heterocycles. The molecule has 1 amide bonds. The maximum absolute atomic E-state index is 11.4. The van der Waals surface area contributed by atoms with Gasteiger partial charge in [-0.3, -0.25) is 4.79 Å². The van der Waals surface area contributed by atoms with E-state index in [2.05, 4.69) is 16.6 Å². The molecule has 4 heteroatoms. The number of rotatable bonds is 5. The number of carbonyl (C=O) groups is 1. The highest BCUT2D eigenvalue weighted by atomic mass is 32.2. The fourth-order valence-electron chi connectivity index (χ4n) is 1.50. The van der Waals surface area contributed by atoms with Crippen molar-refractivity contribution in [2.24, 2.45) is 0 Å². The van der Waals surface area contributed by atoms with Crippen molar-refractivity contribution in [2.45, 2.75) is 31.1 Å². The summed E-state index contributed by atoms with van der Waals surface area (Å²) in [6.07, 6.45) is 7.62. The van der Waals surface area contributed by atoms with Gasteiger partial charge >= 0.3 is 0 Å². The Morgan fingerprint density at radius 1 is 1.73 bits per heavy atom. The first kappa shape index (κ1) is 12.4. The van der Waals surface area contributed by atoms with Crippen molar-refractivity contribution in [3.8, 4) is 12.3 Å². The minimum Gasteiger partial charge on any atom is -0.344 e. The first-order valence-corrected chi connectivity index (χ1v) is 6.35. The van der Waals surface area contributed by atoms with Gasteiger partial charge in [-0.05, 0) is 25.5 Å². The normalized spacial score (nSPS) is 22.0. The van der Waals surface area contributed by atoms with Gasteiger partial charge in [0.2, 0.25) is 5.91 Å². The van der Waals surface area contributed by atoms with Crippen LogP contribution in [-0.4, -0.2) is 36.0 Å². The molecule has 2 unspecified atom stereocenters. The van der Waals surface area contributed by atoms with Crippen LogP contribution in [0.3, 0.4) is 0 Å². The van der Waals surface area contributed by atoms with E-state index in [0.717, 1.165) is 6.54 Å². The fourth-order valence-corrected chi connectivity index (χ4v) is 2.71. The summed E-state index contributed by atoms with van der Waals surface area (Å²) in [5.74, 6) is 3.62. The molecule has 1 rings (SSSR count). The van der Waals surface area contributed by atoms with Crippen molar-refractivity contribution in [3.05, 3.63) is 0 Å². The summed E-state index contributed by atoms with van der Waals surface area (Å²) in [5, 5.41) is 6.57. The smallest absolute Gasteiger partial charge is 0.237 e. The van der Waals surface area contributed by atoms with Gasteiger partial charge in [0, 0.05) is 11.8 Å². The maximum Gasteiger partial charge on any atom is 0.237 e. The zero-order valence-corrected chi connectivity index (χ0v) is 9.90. The molecule has 1 aliphatic heterocycles. The lowest BCUT2D eigenvalue weighted by molar-refractivity contribution is -0.122. The van der Waals surface area contributed by atoms with Crippen LogP contribution in [0.1, 0.15) is 19.8 Å². The first-order chi connectivity index (χ1) is 7.24. The number of thioether (sulfide) groups is 1. The van der Waals surface area contributed by atoms with Crippen LogP contribution in [0.5, 0.6) is 0 Å². The Bertz CT molecular complexity index is 243. The number of terminal acetylenes is 1. The van der Waals surface area contributed by atoms with Crippen LogP contribution in [0, 0.1) is 12.3 Å². The molecule has 84 valence electrons. The number of nitrogens with one attached hydrogen (secondary N) is 2. The van der Waals surface area contributed by atoms with E-state index in [1.54, 1.807) is 0 Å². The van der Waals surface area contributed by atoms with E-state index < -0.39 is 0 Å². The third-order valence-corrected chi connectivity index (χ3v) is 3.83. The third-order valence-electron chi connectivity index (χ3n) is 2.43. The summed E-state index contributed by atoms with van der Waals surface area (Å²) in [6, 6.07) is -0.153. The second-order valence-corrected chi connectivity index (χ2v) is 5.10. The number of hydrogen-bond donors (Lipinski definition) is 2. The molecule has 0 aromatic carbocycles. The molecule has 0 aliphatic carbocycles. The molecule has 2 atom stereocenters. The van der Waals surface area contributed by atoms with Gasteiger partial charge in [-0.15, -0.1) is 6.42 Å². The monoisotopic (exact) mass is 226 g/mol. The van der Waals surface area contributed by atoms with E-state index in [4.69, 9.17) is 6.42 Å². The molecular formula is C11H18N2OS. The SMILES string of the molecule is C#CCNC(=O)C(C)NCC1CCCS1. The van der Waals surface area contributed by atoms with E-state index in [9.17, 15) is 4.79 Å². The Balaban J connectivity index is 2.14. The maximum atomic E-state index is 11.4. The molecule has 1 saturated heterocycles. The number of amides is 1. The van der Waals surface area contributed by atoms with Crippen molar-refractivity contribution in [1.29, 1.82) is 0 Å². The standard InChI is InChI=1S/C11H18N2OS/c1-3-6-12-11(14)9(2)13-8-10-5-4-7-15-10/h1,9-10,13H,4-8H2,2H3,(H,12,14). The summed E-state index contributed by atoms with van der Waals surface area (Å²) in [6.45, 7) is 3.09. The van der Waals surface area contributed by atoms with Crippen LogP contribution in [0.2, 0.25) is 0 Å². The van der Waals surface area contributed by atoms with Gasteiger partial charge in [-0.1, -0.05) is 5.92 Å². The van der Waals surface area contributed by atoms with Crippen molar-refractivity contribution in [2.75, 3.05) is 18.8 Å². The van der Waals surface area contributed by atoms with Crippen molar-refractivity contribution in [1.82, 2.24) is 10.6 Å². The van der Waals surface area contributed by atoms with Gasteiger partial charge < -0.3 is 10.6 Å². The molecule has 1 heterocycles. The second-order valence-electron chi connectivity index (χ2n) is 3.69. The Kier molecular flexibility index (Phi) is 5.59. The Labute approximate surface area is 95.8 Å². The van der Waals surface area contributed by atoms with E-state index in [0.29, 0.717) is 11.8 Å². The molecule has 1 fully saturated rings. The molecule has 0 radical (unpaired) electrons. The van der Waals surface area contributed by atoms with E-state index >= 15 is 0 Å². The first-order valence-electron chi connectivity index (χ1n) is 5.30. The molecule has 0 aromatic rings. The van der Waals surface area contributed by atoms with Crippen LogP contribution in [0.4, 0.5) is 0 Å². The van der Waals surface area contributed by atoms with Gasteiger partial charge in [0.1, 0.15) is 0 Å². The highest BCUT2D eigenvalue weighted by molar-refractivity contribution is 8.00. The average molecular weight is 226 g/mol. The minimum atomic E-state index is -0.153. The summed E-state index contributed by atoms with van der Waals surface area (Å²) >= 11 is 1.99. The third kappa shape index (κ3) is 4.59. The zero-order chi connectivity index (χ0) is 11.1. The van der Waals surface area contributed by atoms with Gasteiger partial charge in [0.25, 0.3) is 0 Å². The predicted octanol–water partition coefficient (Wildman–Crippen LogP) is 0.609. The Hall–Kier alpha value is -0.660. The fraction of sp³-hybridized carbons (Fsp3) is 0.727. The quantitative estimate of drug-likeness (QED) is 0.675. The van der Waals surface area contributed by atoms with Crippen LogP contribution in [0.15, 0.2) is 0 Å². The van der Waals surface area contributed by atoms with Crippen LogP contribution < -0.4 is 10.6 Å². The number of carbonyl (C=O) groups excluding carboxylic acids is 1. The molecule has 3 nitrogen and oxygen atoms in total. The average Bonchev–Trinajstić information content (AvgIpc) is 2.75. The molecule has 1 aliphatic rings. The lowest BCUT2D eigenvalue weighted by Crippen LogP contribution is -2.44. The van der Waals surface area contributed by atoms with E-state index in [-0.39, 0.29) is 11.9 Å². The van der Waals surface area contributed by atoms with E-state index in [1.807, 2.05) is 18.7 Å². The second kappa shape index (κ2) is 6.76. The van der Waals surface area contributed by atoms with Crippen LogP contribution in [-0.2, 0) is 4.79 Å². The van der Waals surface area contributed by atoms with E-state index in [1.165, 1.54) is 18.6 Å². The van der Waals surface area contributed by atoms with Crippen molar-refractivity contribution in [3.63, 3.8) is 0 Å². The Morgan fingerprint density at radius 3 is 3.13 bits per heavy atom. The topological polar surface area (TPSA) is 41.1 Å². The highest BCUT2D eigenvalue weighted by Crippen LogP contribution is 2.25. The summed E-state index contributed by atoms with van der Waals surface area (Å²) in [4.78, 5) is 11.4. The van der Waals surface area contributed by atoms with Crippen molar-refractivity contribution < 1.29 is 4.79 Å². The summed E-state index contributed by atoms with van der Waals surface area (Å²) < 4.78 is 0. The van der Waals surface area contributed by atoms with Gasteiger partial charge in [-0.2, -0.15) is 11.8 Å². The van der Waals surface area contributed by atoms with Crippen LogP contribution in [0.25, 0.3) is 0 Å². The minimum absolute atomic E-state index is 0.0176. The largest absolute Gasteiger partial charge is 0.344 e. The van der Waals surface area contributed by atoms with Gasteiger partial charge in [0.15, 0.2) is 0 Å². The lowest BCUT2D eigenvalue weighted by atomic mass is 10.2. The summed E-state index contributed by atoms with van der Waals surface area (Å²) in [7, 11) is 0. The summed E-state index contributed by atoms with van der Waals surface area (Å²) in [5.41, 5.74) is 0.